The van der Waals surface area contributed by atoms with E-state index < -0.39 is 6.15 Å². The third kappa shape index (κ3) is 7.50. The zero-order valence-corrected chi connectivity index (χ0v) is 31.0. The molecular formula is C45H49BN2O4. The maximum Gasteiger partial charge on any atom is 0.374 e. The molecule has 6 nitrogen and oxygen atoms in total. The normalized spacial score (nSPS) is 13.2. The standard InChI is InChI=1S/C23H25N2O4.C22H24B/c1-5-24-18-14-16(26-3)10-12-20(18)28-22(24)8-7-9-23-25(6-2)19-15-17(27-4)11-13-21(19)29-23;1-2-3-19-23(20-13-7-4-8-14-20,21-15-9-5-10-16-21)22-17-11-6-12-18-22/h7-15H,5-6H2,1-4H3;4-18H,2-3,19H2,1H3/q+1;-1. The quantitative estimate of drug-likeness (QED) is 0.0952. The van der Waals surface area contributed by atoms with Crippen LogP contribution >= 0.6 is 0 Å². The Labute approximate surface area is 308 Å². The average molecular weight is 693 g/mol. The SMILES string of the molecule is CCCC[B-](c1ccccc1)(c1ccccc1)c1ccccc1.CCN1/C(=C/C=C/c2oc3ccc(OC)cc3[n+]2CC)Oc2ccc(OC)cc21. The van der Waals surface area contributed by atoms with Crippen LogP contribution < -0.4 is 40.1 Å². The molecule has 6 aromatic rings. The number of aromatic nitrogens is 1. The second-order valence-electron chi connectivity index (χ2n) is 13.0. The van der Waals surface area contributed by atoms with Crippen molar-refractivity contribution in [2.24, 2.45) is 0 Å². The molecule has 7 rings (SSSR count). The Morgan fingerprint density at radius 1 is 0.712 bits per heavy atom. The van der Waals surface area contributed by atoms with Crippen LogP contribution in [0.4, 0.5) is 5.69 Å². The van der Waals surface area contributed by atoms with Gasteiger partial charge < -0.3 is 23.5 Å². The van der Waals surface area contributed by atoms with Gasteiger partial charge in [-0.1, -0.05) is 111 Å². The molecule has 0 unspecified atom stereocenters. The molecule has 0 spiro atoms. The molecule has 2 heterocycles. The summed E-state index contributed by atoms with van der Waals surface area (Å²) in [5, 5.41) is 0. The number of hydrogen-bond acceptors (Lipinski definition) is 5. The van der Waals surface area contributed by atoms with Crippen molar-refractivity contribution in [2.45, 2.75) is 46.5 Å². The highest BCUT2D eigenvalue weighted by Gasteiger charge is 2.29. The number of ether oxygens (including phenoxy) is 3. The molecule has 7 heteroatoms. The lowest BCUT2D eigenvalue weighted by Gasteiger charge is -2.43. The molecule has 266 valence electrons. The first-order valence-electron chi connectivity index (χ1n) is 18.4. The molecule has 0 N–H and O–H groups in total. The van der Waals surface area contributed by atoms with Gasteiger partial charge in [0.05, 0.1) is 38.2 Å². The highest BCUT2D eigenvalue weighted by Crippen LogP contribution is 2.41. The van der Waals surface area contributed by atoms with Gasteiger partial charge in [0, 0.05) is 12.6 Å². The number of benzene rings is 5. The van der Waals surface area contributed by atoms with Crippen molar-refractivity contribution in [3.05, 3.63) is 151 Å². The number of unbranched alkanes of at least 4 members (excludes halogenated alkanes) is 1. The maximum absolute atomic E-state index is 6.02. The van der Waals surface area contributed by atoms with Crippen molar-refractivity contribution in [1.82, 2.24) is 0 Å². The maximum atomic E-state index is 6.02. The van der Waals surface area contributed by atoms with Crippen LogP contribution in [-0.2, 0) is 6.54 Å². The van der Waals surface area contributed by atoms with E-state index in [1.54, 1.807) is 14.2 Å². The van der Waals surface area contributed by atoms with Crippen molar-refractivity contribution in [3.63, 3.8) is 0 Å². The average Bonchev–Trinajstić information content (AvgIpc) is 3.75. The summed E-state index contributed by atoms with van der Waals surface area (Å²) in [6.45, 7) is 8.04. The zero-order chi connectivity index (χ0) is 36.3. The van der Waals surface area contributed by atoms with Gasteiger partial charge in [-0.15, -0.1) is 0 Å². The fourth-order valence-electron chi connectivity index (χ4n) is 7.46. The molecule has 0 saturated carbocycles. The molecule has 0 aliphatic carbocycles. The lowest BCUT2D eigenvalue weighted by atomic mass is 9.14. The van der Waals surface area contributed by atoms with Gasteiger partial charge in [0.1, 0.15) is 18.0 Å². The minimum absolute atomic E-state index is 0.771. The number of rotatable bonds is 12. The fraction of sp³-hybridized carbons (Fsp3) is 0.222. The van der Waals surface area contributed by atoms with E-state index in [0.29, 0.717) is 0 Å². The lowest BCUT2D eigenvalue weighted by Crippen LogP contribution is -2.66. The zero-order valence-electron chi connectivity index (χ0n) is 31.0. The van der Waals surface area contributed by atoms with Crippen molar-refractivity contribution >= 4 is 45.4 Å². The minimum atomic E-state index is -0.913. The number of anilines is 1. The molecule has 1 aliphatic heterocycles. The second-order valence-corrected chi connectivity index (χ2v) is 13.0. The van der Waals surface area contributed by atoms with Gasteiger partial charge in [-0.3, -0.25) is 0 Å². The smallest absolute Gasteiger partial charge is 0.374 e. The van der Waals surface area contributed by atoms with Crippen LogP contribution in [0.15, 0.2) is 150 Å². The van der Waals surface area contributed by atoms with Crippen molar-refractivity contribution < 1.29 is 23.2 Å². The van der Waals surface area contributed by atoms with E-state index >= 15 is 0 Å². The summed E-state index contributed by atoms with van der Waals surface area (Å²) in [5.74, 6) is 3.99. The first-order valence-corrected chi connectivity index (χ1v) is 18.4. The van der Waals surface area contributed by atoms with Crippen LogP contribution in [0.5, 0.6) is 17.2 Å². The predicted molar refractivity (Wildman–Crippen MR) is 216 cm³/mol. The molecule has 0 saturated heterocycles. The van der Waals surface area contributed by atoms with E-state index in [1.807, 2.05) is 54.6 Å². The third-order valence-corrected chi connectivity index (χ3v) is 10.1. The van der Waals surface area contributed by atoms with Gasteiger partial charge in [0.2, 0.25) is 11.5 Å². The molecule has 1 aliphatic rings. The Balaban J connectivity index is 0.000000183. The van der Waals surface area contributed by atoms with Crippen molar-refractivity contribution in [2.75, 3.05) is 25.7 Å². The van der Waals surface area contributed by atoms with E-state index in [2.05, 4.69) is 121 Å². The summed E-state index contributed by atoms with van der Waals surface area (Å²) >= 11 is 0. The predicted octanol–water partition coefficient (Wildman–Crippen LogP) is 8.49. The van der Waals surface area contributed by atoms with Crippen LogP contribution in [0.3, 0.4) is 0 Å². The van der Waals surface area contributed by atoms with Gasteiger partial charge in [-0.05, 0) is 50.3 Å². The Bertz CT molecular complexity index is 2010. The Kier molecular flexibility index (Phi) is 11.8. The lowest BCUT2D eigenvalue weighted by molar-refractivity contribution is -0.674. The van der Waals surface area contributed by atoms with Gasteiger partial charge in [-0.2, -0.15) is 27.3 Å². The molecule has 1 aromatic heterocycles. The molecular weight excluding hydrogens is 643 g/mol. The summed E-state index contributed by atoms with van der Waals surface area (Å²) in [6, 6.07) is 44.8. The molecule has 0 atom stereocenters. The second kappa shape index (κ2) is 17.0. The molecule has 5 aromatic carbocycles. The highest BCUT2D eigenvalue weighted by molar-refractivity contribution is 7.11. The van der Waals surface area contributed by atoms with Gasteiger partial charge in [-0.25, -0.2) is 0 Å². The van der Waals surface area contributed by atoms with Crippen LogP contribution in [0, 0.1) is 0 Å². The molecule has 0 bridgehead atoms. The number of aryl methyl sites for hydroxylation is 1. The Morgan fingerprint density at radius 2 is 1.29 bits per heavy atom. The third-order valence-electron chi connectivity index (χ3n) is 10.1. The van der Waals surface area contributed by atoms with Crippen LogP contribution in [-0.4, -0.2) is 26.9 Å². The van der Waals surface area contributed by atoms with Gasteiger partial charge in [0.25, 0.3) is 5.52 Å². The highest BCUT2D eigenvalue weighted by atomic mass is 16.5. The van der Waals surface area contributed by atoms with Gasteiger partial charge >= 0.3 is 5.89 Å². The van der Waals surface area contributed by atoms with E-state index in [0.717, 1.165) is 58.9 Å². The summed E-state index contributed by atoms with van der Waals surface area (Å²) in [4.78, 5) is 2.11. The van der Waals surface area contributed by atoms with Crippen LogP contribution in [0.1, 0.15) is 39.5 Å². The summed E-state index contributed by atoms with van der Waals surface area (Å²) in [5.41, 5.74) is 7.17. The largest absolute Gasteiger partial charge is 0.497 e. The monoisotopic (exact) mass is 692 g/mol. The number of oxazole rings is 1. The summed E-state index contributed by atoms with van der Waals surface area (Å²) in [7, 11) is 3.33. The molecule has 52 heavy (non-hydrogen) atoms. The molecule has 0 amide bonds. The number of hydrogen-bond donors (Lipinski definition) is 0. The number of methoxy groups -OCH3 is 2. The van der Waals surface area contributed by atoms with Crippen molar-refractivity contribution in [1.29, 1.82) is 0 Å². The molecule has 0 fully saturated rings. The van der Waals surface area contributed by atoms with Gasteiger partial charge in [0.15, 0.2) is 5.75 Å². The van der Waals surface area contributed by atoms with Crippen LogP contribution in [0.25, 0.3) is 17.2 Å². The van der Waals surface area contributed by atoms with E-state index in [9.17, 15) is 0 Å². The Morgan fingerprint density at radius 3 is 1.83 bits per heavy atom. The van der Waals surface area contributed by atoms with E-state index in [1.165, 1.54) is 35.6 Å². The van der Waals surface area contributed by atoms with Crippen LogP contribution in [0.2, 0.25) is 6.32 Å². The minimum Gasteiger partial charge on any atom is -0.497 e. The topological polar surface area (TPSA) is 48.0 Å². The van der Waals surface area contributed by atoms with E-state index in [4.69, 9.17) is 18.6 Å². The van der Waals surface area contributed by atoms with Crippen molar-refractivity contribution in [3.8, 4) is 17.2 Å². The fourth-order valence-corrected chi connectivity index (χ4v) is 7.46. The summed E-state index contributed by atoms with van der Waals surface area (Å²) < 4.78 is 24.8. The van der Waals surface area contributed by atoms with E-state index in [-0.39, 0.29) is 0 Å². The first kappa shape index (κ1) is 36.1. The number of fused-ring (bicyclic) bond motifs is 2. The molecule has 0 radical (unpaired) electrons. The summed E-state index contributed by atoms with van der Waals surface area (Å²) in [6.07, 6.45) is 8.57. The first-order chi connectivity index (χ1) is 25.6. The Hall–Kier alpha value is -5.69. The number of allylic oxidation sites excluding steroid dienone is 2. The number of nitrogens with zero attached hydrogens (tertiary/aromatic N) is 2.